The molecule has 0 aromatic carbocycles. The predicted molar refractivity (Wildman–Crippen MR) is 102 cm³/mol. The SMILES string of the molecule is C=C1C[C@]23C[C@]1(OC(C)=O)CC[C@@]21O[C@]12C=C[C@H](C)C(C)(C)[C@H]2[C@@H]3C(=O)OC. The van der Waals surface area contributed by atoms with E-state index < -0.39 is 16.6 Å². The Morgan fingerprint density at radius 3 is 2.64 bits per heavy atom. The van der Waals surface area contributed by atoms with Gasteiger partial charge in [-0.1, -0.05) is 39.5 Å². The summed E-state index contributed by atoms with van der Waals surface area (Å²) in [6, 6.07) is 0. The molecule has 5 heteroatoms. The largest absolute Gasteiger partial charge is 0.469 e. The Morgan fingerprint density at radius 2 is 2.00 bits per heavy atom. The van der Waals surface area contributed by atoms with Crippen molar-refractivity contribution < 1.29 is 23.8 Å². The van der Waals surface area contributed by atoms with E-state index in [-0.39, 0.29) is 34.8 Å². The summed E-state index contributed by atoms with van der Waals surface area (Å²) in [5, 5.41) is 0. The Balaban J connectivity index is 1.71. The van der Waals surface area contributed by atoms with Gasteiger partial charge in [0.2, 0.25) is 0 Å². The molecule has 5 aliphatic rings. The summed E-state index contributed by atoms with van der Waals surface area (Å²) >= 11 is 0. The lowest BCUT2D eigenvalue weighted by Gasteiger charge is -2.48. The van der Waals surface area contributed by atoms with Crippen molar-refractivity contribution >= 4 is 11.9 Å². The van der Waals surface area contributed by atoms with Crippen molar-refractivity contribution in [2.75, 3.05) is 7.11 Å². The maximum absolute atomic E-state index is 13.3. The number of hydrogen-bond donors (Lipinski definition) is 0. The molecule has 0 N–H and O–H groups in total. The second-order valence-electron chi connectivity index (χ2n) is 10.4. The lowest BCUT2D eigenvalue weighted by molar-refractivity contribution is -0.171. The molecule has 4 aliphatic carbocycles. The maximum atomic E-state index is 13.3. The van der Waals surface area contributed by atoms with Crippen molar-refractivity contribution in [3.05, 3.63) is 24.3 Å². The number of esters is 2. The van der Waals surface area contributed by atoms with Crippen LogP contribution in [0.1, 0.15) is 53.4 Å². The zero-order chi connectivity index (χ0) is 20.3. The molecule has 3 spiro atoms. The van der Waals surface area contributed by atoms with Crippen LogP contribution >= 0.6 is 0 Å². The monoisotopic (exact) mass is 386 g/mol. The fourth-order valence-corrected chi connectivity index (χ4v) is 7.76. The lowest BCUT2D eigenvalue weighted by Crippen LogP contribution is -2.51. The highest BCUT2D eigenvalue weighted by Crippen LogP contribution is 2.86. The molecule has 28 heavy (non-hydrogen) atoms. The summed E-state index contributed by atoms with van der Waals surface area (Å²) in [6.07, 6.45) is 7.23. The number of fused-ring (bicyclic) bond motifs is 1. The molecule has 1 saturated heterocycles. The number of hydrogen-bond acceptors (Lipinski definition) is 5. The smallest absolute Gasteiger partial charge is 0.309 e. The van der Waals surface area contributed by atoms with E-state index in [0.717, 1.165) is 12.0 Å². The Hall–Kier alpha value is -1.62. The van der Waals surface area contributed by atoms with Crippen LogP contribution < -0.4 is 0 Å². The third-order valence-corrected chi connectivity index (χ3v) is 9.18. The molecule has 1 aliphatic heterocycles. The van der Waals surface area contributed by atoms with Crippen molar-refractivity contribution in [2.24, 2.45) is 28.6 Å². The molecule has 2 bridgehead atoms. The van der Waals surface area contributed by atoms with Crippen LogP contribution in [-0.2, 0) is 23.8 Å². The third-order valence-electron chi connectivity index (χ3n) is 9.18. The lowest BCUT2D eigenvalue weighted by atomic mass is 9.58. The van der Waals surface area contributed by atoms with E-state index in [1.807, 2.05) is 0 Å². The molecule has 0 radical (unpaired) electrons. The average molecular weight is 386 g/mol. The van der Waals surface area contributed by atoms with Crippen LogP contribution in [0.2, 0.25) is 0 Å². The normalized spacial score (nSPS) is 51.8. The van der Waals surface area contributed by atoms with E-state index in [2.05, 4.69) is 39.5 Å². The first-order valence-corrected chi connectivity index (χ1v) is 10.4. The molecule has 0 aromatic rings. The van der Waals surface area contributed by atoms with Gasteiger partial charge < -0.3 is 14.2 Å². The van der Waals surface area contributed by atoms with Crippen molar-refractivity contribution in [1.29, 1.82) is 0 Å². The van der Waals surface area contributed by atoms with Crippen LogP contribution in [0.4, 0.5) is 0 Å². The molecule has 5 nitrogen and oxygen atoms in total. The number of rotatable bonds is 2. The minimum absolute atomic E-state index is 0.0338. The first-order chi connectivity index (χ1) is 13.0. The van der Waals surface area contributed by atoms with Gasteiger partial charge in [-0.2, -0.15) is 0 Å². The maximum Gasteiger partial charge on any atom is 0.309 e. The number of allylic oxidation sites excluding steroid dienone is 1. The number of methoxy groups -OCH3 is 1. The van der Waals surface area contributed by atoms with E-state index in [1.54, 1.807) is 0 Å². The number of epoxide rings is 1. The van der Waals surface area contributed by atoms with E-state index in [9.17, 15) is 9.59 Å². The van der Waals surface area contributed by atoms with Crippen molar-refractivity contribution in [2.45, 2.75) is 70.2 Å². The Bertz CT molecular complexity index is 842. The zero-order valence-electron chi connectivity index (χ0n) is 17.5. The van der Waals surface area contributed by atoms with Crippen molar-refractivity contribution in [3.8, 4) is 0 Å². The summed E-state index contributed by atoms with van der Waals surface area (Å²) in [5.74, 6) is -0.381. The van der Waals surface area contributed by atoms with Crippen molar-refractivity contribution in [1.82, 2.24) is 0 Å². The van der Waals surface area contributed by atoms with Gasteiger partial charge in [-0.15, -0.1) is 0 Å². The Kier molecular flexibility index (Phi) is 3.23. The molecule has 0 aromatic heterocycles. The van der Waals surface area contributed by atoms with Gasteiger partial charge in [-0.3, -0.25) is 9.59 Å². The van der Waals surface area contributed by atoms with E-state index in [4.69, 9.17) is 14.2 Å². The summed E-state index contributed by atoms with van der Waals surface area (Å²) in [4.78, 5) is 25.1. The van der Waals surface area contributed by atoms with Gasteiger partial charge in [0.05, 0.1) is 13.0 Å². The molecule has 0 amide bonds. The highest BCUT2D eigenvalue weighted by Gasteiger charge is 2.93. The van der Waals surface area contributed by atoms with Gasteiger partial charge in [0.25, 0.3) is 0 Å². The number of ether oxygens (including phenoxy) is 3. The van der Waals surface area contributed by atoms with E-state index in [0.29, 0.717) is 25.2 Å². The van der Waals surface area contributed by atoms with Crippen LogP contribution in [0.25, 0.3) is 0 Å². The van der Waals surface area contributed by atoms with Crippen molar-refractivity contribution in [3.63, 3.8) is 0 Å². The molecule has 3 saturated carbocycles. The summed E-state index contributed by atoms with van der Waals surface area (Å²) in [5.41, 5.74) is -1.11. The van der Waals surface area contributed by atoms with Gasteiger partial charge in [0.15, 0.2) is 0 Å². The molecule has 0 unspecified atom stereocenters. The van der Waals surface area contributed by atoms with Gasteiger partial charge in [0.1, 0.15) is 16.8 Å². The Morgan fingerprint density at radius 1 is 1.29 bits per heavy atom. The molecule has 1 heterocycles. The minimum atomic E-state index is -0.677. The molecule has 5 rings (SSSR count). The van der Waals surface area contributed by atoms with E-state index >= 15 is 0 Å². The fourth-order valence-electron chi connectivity index (χ4n) is 7.76. The molecular formula is C23H30O5. The molecule has 7 atom stereocenters. The summed E-state index contributed by atoms with van der Waals surface area (Å²) < 4.78 is 17.9. The van der Waals surface area contributed by atoms with Gasteiger partial charge in [-0.05, 0) is 36.2 Å². The Labute approximate surface area is 166 Å². The molecule has 152 valence electrons. The van der Waals surface area contributed by atoms with Gasteiger partial charge in [0, 0.05) is 24.7 Å². The summed E-state index contributed by atoms with van der Waals surface area (Å²) in [7, 11) is 1.48. The third kappa shape index (κ3) is 1.67. The standard InChI is InChI=1S/C23H30O5/c1-13-7-8-22-17(19(13,4)5)16(18(25)26-6)20-11-14(2)21(12-20,27-15(3)24)9-10-23(20,22)28-22/h7-8,13,16-17H,2,9-12H2,1,3-6H3/t13-,16+,17+,20+,21+,22-,23+/m0/s1. The van der Waals surface area contributed by atoms with Gasteiger partial charge in [-0.25, -0.2) is 0 Å². The number of carbonyl (C=O) groups excluding carboxylic acids is 2. The van der Waals surface area contributed by atoms with E-state index in [1.165, 1.54) is 14.0 Å². The van der Waals surface area contributed by atoms with Crippen LogP contribution in [0, 0.1) is 28.6 Å². The zero-order valence-corrected chi connectivity index (χ0v) is 17.5. The second-order valence-corrected chi connectivity index (χ2v) is 10.4. The van der Waals surface area contributed by atoms with Crippen LogP contribution in [0.5, 0.6) is 0 Å². The molecular weight excluding hydrogens is 356 g/mol. The highest BCUT2D eigenvalue weighted by atomic mass is 16.6. The summed E-state index contributed by atoms with van der Waals surface area (Å²) in [6.45, 7) is 12.5. The highest BCUT2D eigenvalue weighted by molar-refractivity contribution is 5.78. The number of carbonyl (C=O) groups is 2. The quantitative estimate of drug-likeness (QED) is 0.412. The first kappa shape index (κ1) is 18.4. The van der Waals surface area contributed by atoms with Crippen LogP contribution in [0.3, 0.4) is 0 Å². The topological polar surface area (TPSA) is 65.1 Å². The second kappa shape index (κ2) is 4.92. The molecule has 4 fully saturated rings. The average Bonchev–Trinajstić information content (AvgIpc) is 3.12. The first-order valence-electron chi connectivity index (χ1n) is 10.4. The van der Waals surface area contributed by atoms with Crippen LogP contribution in [0.15, 0.2) is 24.3 Å². The minimum Gasteiger partial charge on any atom is -0.469 e. The predicted octanol–water partition coefficient (Wildman–Crippen LogP) is 3.58. The fraction of sp³-hybridized carbons (Fsp3) is 0.739. The van der Waals surface area contributed by atoms with Gasteiger partial charge >= 0.3 is 11.9 Å². The van der Waals surface area contributed by atoms with Crippen LogP contribution in [-0.4, -0.2) is 35.9 Å².